The summed E-state index contributed by atoms with van der Waals surface area (Å²) in [4.78, 5) is 51.3. The highest BCUT2D eigenvalue weighted by atomic mass is 35.5. The average Bonchev–Trinajstić information content (AvgIpc) is 2.67. The van der Waals surface area contributed by atoms with E-state index in [2.05, 4.69) is 20.5 Å². The molecule has 31 heavy (non-hydrogen) atoms. The zero-order chi connectivity index (χ0) is 23.6. The zero-order valence-corrected chi connectivity index (χ0v) is 18.3. The third-order valence-electron chi connectivity index (χ3n) is 3.55. The second kappa shape index (κ2) is 12.6. The van der Waals surface area contributed by atoms with E-state index in [1.165, 1.54) is 0 Å². The maximum Gasteiger partial charge on any atom is 0.469 e. The standard InChI is InChI=1S/C14H20Cl2N5O9P/c15-2-5-17-10-8-9(14(22)19-4-1-7-30-31(27,28)29)12(20(23)24)11(18-6-3-16)13(10)21(25)26/h8,17-18H,1-7H2,(H,19,22)(H2,27,28,29). The van der Waals surface area contributed by atoms with E-state index >= 15 is 0 Å². The van der Waals surface area contributed by atoms with Crippen molar-refractivity contribution in [3.63, 3.8) is 0 Å². The first kappa shape index (κ1) is 26.8. The molecule has 0 fully saturated rings. The largest absolute Gasteiger partial charge is 0.469 e. The lowest BCUT2D eigenvalue weighted by Gasteiger charge is -2.14. The van der Waals surface area contributed by atoms with Gasteiger partial charge < -0.3 is 25.7 Å². The van der Waals surface area contributed by atoms with E-state index in [1.54, 1.807) is 0 Å². The molecular weight excluding hydrogens is 484 g/mol. The summed E-state index contributed by atoms with van der Waals surface area (Å²) in [6, 6.07) is 0.968. The first-order valence-corrected chi connectivity index (χ1v) is 11.2. The molecule has 0 unspecified atom stereocenters. The van der Waals surface area contributed by atoms with Gasteiger partial charge in [-0.15, -0.1) is 23.2 Å². The number of hydrogen-bond donors (Lipinski definition) is 5. The summed E-state index contributed by atoms with van der Waals surface area (Å²) < 4.78 is 14.9. The summed E-state index contributed by atoms with van der Waals surface area (Å²) in [7, 11) is -4.66. The van der Waals surface area contributed by atoms with Gasteiger partial charge in [0.25, 0.3) is 5.91 Å². The van der Waals surface area contributed by atoms with E-state index < -0.39 is 46.2 Å². The Morgan fingerprint density at radius 3 is 2.16 bits per heavy atom. The fourth-order valence-electron chi connectivity index (χ4n) is 2.42. The second-order valence-electron chi connectivity index (χ2n) is 5.72. The van der Waals surface area contributed by atoms with Gasteiger partial charge in [0.1, 0.15) is 11.3 Å². The minimum atomic E-state index is -4.66. The van der Waals surface area contributed by atoms with Gasteiger partial charge in [-0.3, -0.25) is 29.5 Å². The molecule has 0 saturated heterocycles. The van der Waals surface area contributed by atoms with Crippen LogP contribution in [0.2, 0.25) is 0 Å². The van der Waals surface area contributed by atoms with Crippen LogP contribution in [0.5, 0.6) is 0 Å². The van der Waals surface area contributed by atoms with Crippen LogP contribution in [0.15, 0.2) is 6.07 Å². The van der Waals surface area contributed by atoms with Crippen molar-refractivity contribution < 1.29 is 33.5 Å². The second-order valence-corrected chi connectivity index (χ2v) is 7.72. The number of hydrogen-bond acceptors (Lipinski definition) is 9. The number of carbonyl (C=O) groups is 1. The first-order valence-electron chi connectivity index (χ1n) is 8.61. The van der Waals surface area contributed by atoms with Crippen LogP contribution in [0.3, 0.4) is 0 Å². The minimum Gasteiger partial charge on any atom is -0.378 e. The van der Waals surface area contributed by atoms with E-state index in [-0.39, 0.29) is 50.1 Å². The summed E-state index contributed by atoms with van der Waals surface area (Å²) in [6.07, 6.45) is -0.00760. The number of alkyl halides is 2. The molecule has 14 nitrogen and oxygen atoms in total. The number of rotatable bonds is 14. The highest BCUT2D eigenvalue weighted by molar-refractivity contribution is 7.46. The molecule has 0 radical (unpaired) electrons. The molecule has 17 heteroatoms. The highest BCUT2D eigenvalue weighted by Crippen LogP contribution is 2.43. The number of phosphoric acid groups is 1. The van der Waals surface area contributed by atoms with Crippen molar-refractivity contribution in [1.82, 2.24) is 5.32 Å². The van der Waals surface area contributed by atoms with Crippen molar-refractivity contribution >= 4 is 59.7 Å². The number of nitro benzene ring substituents is 2. The van der Waals surface area contributed by atoms with Gasteiger partial charge in [0.05, 0.1) is 16.5 Å². The number of halogens is 2. The van der Waals surface area contributed by atoms with Gasteiger partial charge in [0.2, 0.25) is 0 Å². The molecule has 0 aliphatic rings. The Balaban J connectivity index is 3.32. The Bertz CT molecular complexity index is 867. The van der Waals surface area contributed by atoms with E-state index in [0.29, 0.717) is 0 Å². The van der Waals surface area contributed by atoms with Crippen molar-refractivity contribution in [3.8, 4) is 0 Å². The number of nitrogens with zero attached hydrogens (tertiary/aromatic N) is 2. The number of amides is 1. The van der Waals surface area contributed by atoms with Crippen LogP contribution in [-0.2, 0) is 9.09 Å². The van der Waals surface area contributed by atoms with Gasteiger partial charge in [0.15, 0.2) is 5.69 Å². The Morgan fingerprint density at radius 2 is 1.65 bits per heavy atom. The van der Waals surface area contributed by atoms with Gasteiger partial charge in [0, 0.05) is 31.4 Å². The van der Waals surface area contributed by atoms with Gasteiger partial charge in [-0.2, -0.15) is 0 Å². The molecule has 174 valence electrons. The highest BCUT2D eigenvalue weighted by Gasteiger charge is 2.35. The summed E-state index contributed by atoms with van der Waals surface area (Å²) in [5, 5.41) is 30.8. The predicted octanol–water partition coefficient (Wildman–Crippen LogP) is 2.03. The molecule has 0 aliphatic heterocycles. The van der Waals surface area contributed by atoms with Crippen molar-refractivity contribution in [2.45, 2.75) is 6.42 Å². The smallest absolute Gasteiger partial charge is 0.378 e. The topological polar surface area (TPSA) is 206 Å². The van der Waals surface area contributed by atoms with E-state index in [4.69, 9.17) is 33.0 Å². The van der Waals surface area contributed by atoms with Crippen LogP contribution < -0.4 is 16.0 Å². The molecule has 0 aromatic heterocycles. The summed E-state index contributed by atoms with van der Waals surface area (Å²) in [6.45, 7) is -0.487. The van der Waals surface area contributed by atoms with Gasteiger partial charge in [-0.1, -0.05) is 0 Å². The fraction of sp³-hybridized carbons (Fsp3) is 0.500. The molecular formula is C14H20Cl2N5O9P. The molecule has 0 aliphatic carbocycles. The van der Waals surface area contributed by atoms with Gasteiger partial charge in [-0.25, -0.2) is 4.57 Å². The predicted molar refractivity (Wildman–Crippen MR) is 113 cm³/mol. The molecule has 1 rings (SSSR count). The molecule has 0 heterocycles. The first-order chi connectivity index (χ1) is 14.5. The van der Waals surface area contributed by atoms with Crippen LogP contribution in [-0.4, -0.2) is 63.5 Å². The van der Waals surface area contributed by atoms with E-state index in [1.807, 2.05) is 0 Å². The van der Waals surface area contributed by atoms with Crippen LogP contribution in [0.1, 0.15) is 16.8 Å². The Hall–Kier alpha value is -2.22. The molecule has 5 N–H and O–H groups in total. The van der Waals surface area contributed by atoms with Gasteiger partial charge in [-0.05, 0) is 12.5 Å². The number of nitrogens with one attached hydrogen (secondary N) is 3. The summed E-state index contributed by atoms with van der Waals surface area (Å²) in [5.41, 5.74) is -2.60. The van der Waals surface area contributed by atoms with Gasteiger partial charge >= 0.3 is 19.2 Å². The zero-order valence-electron chi connectivity index (χ0n) is 15.9. The van der Waals surface area contributed by atoms with Crippen LogP contribution in [0.4, 0.5) is 22.7 Å². The molecule has 1 amide bonds. The molecule has 1 aromatic carbocycles. The number of phosphoric ester groups is 1. The SMILES string of the molecule is O=C(NCCCOP(=O)(O)O)c1cc(NCCCl)c([N+](=O)[O-])c(NCCCl)c1[N+](=O)[O-]. The summed E-state index contributed by atoms with van der Waals surface area (Å²) in [5.74, 6) is -0.880. The molecule has 0 spiro atoms. The maximum atomic E-state index is 12.6. The molecule has 0 atom stereocenters. The third-order valence-corrected chi connectivity index (χ3v) is 4.45. The van der Waals surface area contributed by atoms with Crippen LogP contribution in [0.25, 0.3) is 0 Å². The average molecular weight is 504 g/mol. The summed E-state index contributed by atoms with van der Waals surface area (Å²) >= 11 is 11.2. The van der Waals surface area contributed by atoms with E-state index in [0.717, 1.165) is 6.07 Å². The minimum absolute atomic E-state index is 0.00760. The lowest BCUT2D eigenvalue weighted by molar-refractivity contribution is -0.392. The Kier molecular flexibility index (Phi) is 10.9. The number of nitro groups is 2. The monoisotopic (exact) mass is 503 g/mol. The van der Waals surface area contributed by atoms with E-state index in [9.17, 15) is 29.6 Å². The number of anilines is 2. The van der Waals surface area contributed by atoms with Crippen molar-refractivity contribution in [2.75, 3.05) is 48.6 Å². The molecule has 1 aromatic rings. The Morgan fingerprint density at radius 1 is 1.06 bits per heavy atom. The van der Waals surface area contributed by atoms with Crippen molar-refractivity contribution in [2.24, 2.45) is 0 Å². The quantitative estimate of drug-likeness (QED) is 0.0814. The Labute approximate surface area is 185 Å². The van der Waals surface area contributed by atoms with Crippen molar-refractivity contribution in [3.05, 3.63) is 31.9 Å². The number of benzene rings is 1. The normalized spacial score (nSPS) is 11.1. The fourth-order valence-corrected chi connectivity index (χ4v) is 2.98. The van der Waals surface area contributed by atoms with Crippen LogP contribution >= 0.6 is 31.0 Å². The maximum absolute atomic E-state index is 12.6. The molecule has 0 saturated carbocycles. The van der Waals surface area contributed by atoms with Crippen LogP contribution in [0, 0.1) is 20.2 Å². The lowest BCUT2D eigenvalue weighted by atomic mass is 10.1. The number of carbonyl (C=O) groups excluding carboxylic acids is 1. The van der Waals surface area contributed by atoms with Crippen molar-refractivity contribution in [1.29, 1.82) is 0 Å². The third kappa shape index (κ3) is 8.44. The molecule has 0 bridgehead atoms. The lowest BCUT2D eigenvalue weighted by Crippen LogP contribution is -2.27.